The second-order valence-electron chi connectivity index (χ2n) is 6.48. The molecule has 5 nitrogen and oxygen atoms in total. The molecule has 2 amide bonds. The first-order valence-corrected chi connectivity index (χ1v) is 8.75. The number of nitrogens with one attached hydrogen (secondary N) is 2. The summed E-state index contributed by atoms with van der Waals surface area (Å²) >= 11 is 0. The van der Waals surface area contributed by atoms with Crippen molar-refractivity contribution in [1.29, 1.82) is 0 Å². The van der Waals surface area contributed by atoms with Crippen molar-refractivity contribution in [2.45, 2.75) is 32.2 Å². The quantitative estimate of drug-likeness (QED) is 0.880. The predicted molar refractivity (Wildman–Crippen MR) is 96.6 cm³/mol. The molecule has 1 fully saturated rings. The van der Waals surface area contributed by atoms with Gasteiger partial charge < -0.3 is 10.6 Å². The largest absolute Gasteiger partial charge is 0.352 e. The van der Waals surface area contributed by atoms with E-state index in [4.69, 9.17) is 0 Å². The second kappa shape index (κ2) is 8.42. The zero-order valence-electron chi connectivity index (χ0n) is 14.2. The SMILES string of the molecule is O=C(NCc1ccncc1)C1CCC(C(=O)Nc2ccccc2)CC1. The van der Waals surface area contributed by atoms with Crippen molar-refractivity contribution < 1.29 is 9.59 Å². The average Bonchev–Trinajstić information content (AvgIpc) is 2.68. The molecule has 0 unspecified atom stereocenters. The van der Waals surface area contributed by atoms with Gasteiger partial charge >= 0.3 is 0 Å². The molecule has 1 aliphatic carbocycles. The molecular formula is C20H23N3O2. The van der Waals surface area contributed by atoms with E-state index in [9.17, 15) is 9.59 Å². The van der Waals surface area contributed by atoms with E-state index in [-0.39, 0.29) is 23.7 Å². The van der Waals surface area contributed by atoms with Crippen molar-refractivity contribution in [1.82, 2.24) is 10.3 Å². The molecule has 2 aromatic rings. The molecule has 130 valence electrons. The lowest BCUT2D eigenvalue weighted by atomic mass is 9.81. The highest BCUT2D eigenvalue weighted by atomic mass is 16.2. The summed E-state index contributed by atoms with van der Waals surface area (Å²) in [5.41, 5.74) is 1.86. The molecule has 1 aromatic heterocycles. The summed E-state index contributed by atoms with van der Waals surface area (Å²) in [6.45, 7) is 0.524. The molecule has 5 heteroatoms. The van der Waals surface area contributed by atoms with Crippen LogP contribution in [0.1, 0.15) is 31.2 Å². The lowest BCUT2D eigenvalue weighted by Gasteiger charge is -2.27. The molecule has 0 radical (unpaired) electrons. The Morgan fingerprint density at radius 1 is 0.880 bits per heavy atom. The molecular weight excluding hydrogens is 314 g/mol. The number of pyridine rings is 1. The number of hydrogen-bond acceptors (Lipinski definition) is 3. The molecule has 2 N–H and O–H groups in total. The van der Waals surface area contributed by atoms with Crippen molar-refractivity contribution in [3.8, 4) is 0 Å². The van der Waals surface area contributed by atoms with E-state index in [2.05, 4.69) is 15.6 Å². The highest BCUT2D eigenvalue weighted by Crippen LogP contribution is 2.30. The van der Waals surface area contributed by atoms with Crippen molar-refractivity contribution in [2.75, 3.05) is 5.32 Å². The van der Waals surface area contributed by atoms with Gasteiger partial charge in [-0.05, 0) is 55.5 Å². The molecule has 1 aromatic carbocycles. The standard InChI is InChI=1S/C20H23N3O2/c24-19(22-14-15-10-12-21-13-11-15)16-6-8-17(9-7-16)20(25)23-18-4-2-1-3-5-18/h1-5,10-13,16-17H,6-9,14H2,(H,22,24)(H,23,25). The zero-order valence-corrected chi connectivity index (χ0v) is 14.2. The van der Waals surface area contributed by atoms with Crippen molar-refractivity contribution in [2.24, 2.45) is 11.8 Å². The Hall–Kier alpha value is -2.69. The number of benzene rings is 1. The number of anilines is 1. The fraction of sp³-hybridized carbons (Fsp3) is 0.350. The van der Waals surface area contributed by atoms with E-state index in [1.165, 1.54) is 0 Å². The number of carbonyl (C=O) groups is 2. The van der Waals surface area contributed by atoms with E-state index < -0.39 is 0 Å². The summed E-state index contributed by atoms with van der Waals surface area (Å²) in [6, 6.07) is 13.3. The fourth-order valence-corrected chi connectivity index (χ4v) is 3.22. The van der Waals surface area contributed by atoms with Crippen LogP contribution in [0.4, 0.5) is 5.69 Å². The van der Waals surface area contributed by atoms with Crippen molar-refractivity contribution >= 4 is 17.5 Å². The van der Waals surface area contributed by atoms with E-state index in [0.717, 1.165) is 36.9 Å². The minimum atomic E-state index is -0.00976. The molecule has 0 bridgehead atoms. The van der Waals surface area contributed by atoms with Gasteiger partial charge in [-0.2, -0.15) is 0 Å². The number of carbonyl (C=O) groups excluding carboxylic acids is 2. The molecule has 1 heterocycles. The number of aromatic nitrogens is 1. The Morgan fingerprint density at radius 3 is 2.12 bits per heavy atom. The van der Waals surface area contributed by atoms with Crippen LogP contribution < -0.4 is 10.6 Å². The van der Waals surface area contributed by atoms with Gasteiger partial charge in [0.05, 0.1) is 0 Å². The first-order valence-electron chi connectivity index (χ1n) is 8.75. The summed E-state index contributed by atoms with van der Waals surface area (Å²) in [6.07, 6.45) is 6.47. The third-order valence-electron chi connectivity index (χ3n) is 4.73. The minimum absolute atomic E-state index is 0.00242. The number of amides is 2. The van der Waals surface area contributed by atoms with Gasteiger partial charge in [0.15, 0.2) is 0 Å². The molecule has 0 aliphatic heterocycles. The minimum Gasteiger partial charge on any atom is -0.352 e. The summed E-state index contributed by atoms with van der Waals surface area (Å²) in [5.74, 6) is 0.132. The molecule has 1 aliphatic rings. The summed E-state index contributed by atoms with van der Waals surface area (Å²) < 4.78 is 0. The highest BCUT2D eigenvalue weighted by molar-refractivity contribution is 5.92. The lowest BCUT2D eigenvalue weighted by molar-refractivity contribution is -0.128. The number of nitrogens with zero attached hydrogens (tertiary/aromatic N) is 1. The Bertz CT molecular complexity index is 695. The van der Waals surface area contributed by atoms with Crippen LogP contribution in [-0.2, 0) is 16.1 Å². The van der Waals surface area contributed by atoms with Crippen LogP contribution in [0.3, 0.4) is 0 Å². The maximum atomic E-state index is 12.3. The highest BCUT2D eigenvalue weighted by Gasteiger charge is 2.29. The van der Waals surface area contributed by atoms with Gasteiger partial charge in [0, 0.05) is 36.5 Å². The van der Waals surface area contributed by atoms with Crippen molar-refractivity contribution in [3.05, 3.63) is 60.4 Å². The monoisotopic (exact) mass is 337 g/mol. The number of para-hydroxylation sites is 1. The first-order chi connectivity index (χ1) is 12.2. The zero-order chi connectivity index (χ0) is 17.5. The molecule has 3 rings (SSSR count). The molecule has 25 heavy (non-hydrogen) atoms. The van der Waals surface area contributed by atoms with Gasteiger partial charge in [0.1, 0.15) is 0 Å². The molecule has 0 saturated heterocycles. The van der Waals surface area contributed by atoms with Gasteiger partial charge in [-0.25, -0.2) is 0 Å². The Balaban J connectivity index is 1.43. The Morgan fingerprint density at radius 2 is 1.48 bits per heavy atom. The van der Waals surface area contributed by atoms with Crippen LogP contribution in [0.25, 0.3) is 0 Å². The van der Waals surface area contributed by atoms with E-state index in [1.54, 1.807) is 12.4 Å². The third-order valence-corrected chi connectivity index (χ3v) is 4.73. The van der Waals surface area contributed by atoms with Gasteiger partial charge in [-0.1, -0.05) is 18.2 Å². The van der Waals surface area contributed by atoms with Crippen LogP contribution in [0.15, 0.2) is 54.9 Å². The van der Waals surface area contributed by atoms with E-state index in [0.29, 0.717) is 6.54 Å². The normalized spacial score (nSPS) is 19.8. The molecule has 0 atom stereocenters. The van der Waals surface area contributed by atoms with E-state index in [1.807, 2.05) is 42.5 Å². The predicted octanol–water partition coefficient (Wildman–Crippen LogP) is 3.14. The maximum absolute atomic E-state index is 12.3. The van der Waals surface area contributed by atoms with Gasteiger partial charge in [-0.15, -0.1) is 0 Å². The summed E-state index contributed by atoms with van der Waals surface area (Å²) in [4.78, 5) is 28.6. The van der Waals surface area contributed by atoms with Crippen LogP contribution in [-0.4, -0.2) is 16.8 Å². The van der Waals surface area contributed by atoms with Gasteiger partial charge in [-0.3, -0.25) is 14.6 Å². The third kappa shape index (κ3) is 4.89. The van der Waals surface area contributed by atoms with Gasteiger partial charge in [0.2, 0.25) is 11.8 Å². The van der Waals surface area contributed by atoms with Gasteiger partial charge in [0.25, 0.3) is 0 Å². The van der Waals surface area contributed by atoms with Crippen LogP contribution >= 0.6 is 0 Å². The molecule has 0 spiro atoms. The van der Waals surface area contributed by atoms with Crippen LogP contribution in [0.5, 0.6) is 0 Å². The average molecular weight is 337 g/mol. The fourth-order valence-electron chi connectivity index (χ4n) is 3.22. The molecule has 1 saturated carbocycles. The first kappa shape index (κ1) is 17.1. The lowest BCUT2D eigenvalue weighted by Crippen LogP contribution is -2.35. The Labute approximate surface area is 147 Å². The maximum Gasteiger partial charge on any atom is 0.227 e. The van der Waals surface area contributed by atoms with Crippen LogP contribution in [0, 0.1) is 11.8 Å². The van der Waals surface area contributed by atoms with Crippen molar-refractivity contribution in [3.63, 3.8) is 0 Å². The second-order valence-corrected chi connectivity index (χ2v) is 6.48. The van der Waals surface area contributed by atoms with Crippen LogP contribution in [0.2, 0.25) is 0 Å². The Kier molecular flexibility index (Phi) is 5.77. The number of rotatable bonds is 5. The summed E-state index contributed by atoms with van der Waals surface area (Å²) in [7, 11) is 0. The topological polar surface area (TPSA) is 71.1 Å². The summed E-state index contributed by atoms with van der Waals surface area (Å²) in [5, 5.41) is 5.94. The smallest absolute Gasteiger partial charge is 0.227 e. The number of hydrogen-bond donors (Lipinski definition) is 2. The van der Waals surface area contributed by atoms with E-state index >= 15 is 0 Å².